The lowest BCUT2D eigenvalue weighted by Gasteiger charge is -2.22. The smallest absolute Gasteiger partial charge is 0.412 e. The molecular weight excluding hydrogens is 178 g/mol. The van der Waals surface area contributed by atoms with Gasteiger partial charge in [0.15, 0.2) is 0 Å². The third kappa shape index (κ3) is 2.05. The number of carbonyl (C=O) groups is 1. The lowest BCUT2D eigenvalue weighted by atomic mass is 10.1. The highest BCUT2D eigenvalue weighted by Crippen LogP contribution is 2.29. The summed E-state index contributed by atoms with van der Waals surface area (Å²) >= 11 is 0. The number of cyclic esters (lactones) is 1. The van der Waals surface area contributed by atoms with Gasteiger partial charge < -0.3 is 4.74 Å². The Morgan fingerprint density at radius 1 is 1.29 bits per heavy atom. The van der Waals surface area contributed by atoms with Gasteiger partial charge in [-0.15, -0.1) is 0 Å². The molecule has 1 atom stereocenters. The second kappa shape index (κ2) is 4.65. The van der Waals surface area contributed by atoms with Crippen LogP contribution in [-0.4, -0.2) is 6.09 Å². The van der Waals surface area contributed by atoms with Crippen LogP contribution in [-0.2, 0) is 4.74 Å². The number of rotatable bonds is 0. The monoisotopic (exact) mass is 193 g/mol. The number of hydrogen-bond acceptors (Lipinski definition) is 2. The highest BCUT2D eigenvalue weighted by molar-refractivity contribution is 5.87. The van der Waals surface area contributed by atoms with Gasteiger partial charge in [-0.05, 0) is 13.0 Å². The van der Waals surface area contributed by atoms with Crippen LogP contribution in [0.1, 0.15) is 32.4 Å². The van der Waals surface area contributed by atoms with E-state index in [0.29, 0.717) is 0 Å². The van der Waals surface area contributed by atoms with Crippen molar-refractivity contribution in [2.45, 2.75) is 26.9 Å². The van der Waals surface area contributed by atoms with Gasteiger partial charge in [0.05, 0.1) is 5.69 Å². The van der Waals surface area contributed by atoms with Crippen LogP contribution in [0.3, 0.4) is 0 Å². The van der Waals surface area contributed by atoms with E-state index in [-0.39, 0.29) is 12.2 Å². The quantitative estimate of drug-likeness (QED) is 0.686. The van der Waals surface area contributed by atoms with Gasteiger partial charge in [-0.25, -0.2) is 4.79 Å². The van der Waals surface area contributed by atoms with E-state index >= 15 is 0 Å². The standard InChI is InChI=1S/C9H9NO2.C2H6/c1-6-7-4-2-3-5-8(7)10-9(11)12-6;1-2/h2-6H,1H3,(H,10,11);1-2H3. The first-order chi connectivity index (χ1) is 6.77. The number of amides is 1. The first-order valence-electron chi connectivity index (χ1n) is 4.84. The lowest BCUT2D eigenvalue weighted by molar-refractivity contribution is 0.116. The van der Waals surface area contributed by atoms with Crippen molar-refractivity contribution >= 4 is 11.8 Å². The van der Waals surface area contributed by atoms with Crippen LogP contribution in [0.15, 0.2) is 24.3 Å². The second-order valence-electron chi connectivity index (χ2n) is 2.76. The van der Waals surface area contributed by atoms with Crippen molar-refractivity contribution in [3.05, 3.63) is 29.8 Å². The highest BCUT2D eigenvalue weighted by Gasteiger charge is 2.21. The zero-order chi connectivity index (χ0) is 10.6. The fourth-order valence-corrected chi connectivity index (χ4v) is 1.33. The molecule has 0 fully saturated rings. The molecule has 0 bridgehead atoms. The highest BCUT2D eigenvalue weighted by atomic mass is 16.6. The molecule has 1 amide bonds. The van der Waals surface area contributed by atoms with Crippen LogP contribution in [0.5, 0.6) is 0 Å². The molecule has 1 aliphatic rings. The molecule has 0 aromatic heterocycles. The number of para-hydroxylation sites is 1. The van der Waals surface area contributed by atoms with Crippen LogP contribution in [0.4, 0.5) is 10.5 Å². The number of ether oxygens (including phenoxy) is 1. The van der Waals surface area contributed by atoms with Gasteiger partial charge in [0.25, 0.3) is 0 Å². The van der Waals surface area contributed by atoms with Gasteiger partial charge >= 0.3 is 6.09 Å². The summed E-state index contributed by atoms with van der Waals surface area (Å²) in [6.07, 6.45) is -0.517. The van der Waals surface area contributed by atoms with Crippen molar-refractivity contribution < 1.29 is 9.53 Å². The van der Waals surface area contributed by atoms with E-state index in [1.807, 2.05) is 45.0 Å². The van der Waals surface area contributed by atoms with Gasteiger partial charge in [-0.1, -0.05) is 32.0 Å². The summed E-state index contributed by atoms with van der Waals surface area (Å²) in [6.45, 7) is 5.86. The van der Waals surface area contributed by atoms with E-state index < -0.39 is 0 Å². The summed E-state index contributed by atoms with van der Waals surface area (Å²) < 4.78 is 4.96. The Labute approximate surface area is 84.1 Å². The number of anilines is 1. The molecule has 0 radical (unpaired) electrons. The summed E-state index contributed by atoms with van der Waals surface area (Å²) in [5.74, 6) is 0. The molecule has 76 valence electrons. The zero-order valence-corrected chi connectivity index (χ0v) is 8.70. The normalized spacial score (nSPS) is 18.2. The fraction of sp³-hybridized carbons (Fsp3) is 0.364. The zero-order valence-electron chi connectivity index (χ0n) is 8.70. The predicted molar refractivity (Wildman–Crippen MR) is 56.3 cm³/mol. The molecule has 1 aromatic carbocycles. The number of carbonyl (C=O) groups excluding carboxylic acids is 1. The van der Waals surface area contributed by atoms with E-state index in [4.69, 9.17) is 4.74 Å². The van der Waals surface area contributed by atoms with Crippen LogP contribution < -0.4 is 5.32 Å². The summed E-state index contributed by atoms with van der Waals surface area (Å²) in [5, 5.41) is 2.63. The van der Waals surface area contributed by atoms with Gasteiger partial charge in [-0.3, -0.25) is 5.32 Å². The molecule has 14 heavy (non-hydrogen) atoms. The number of benzene rings is 1. The van der Waals surface area contributed by atoms with Crippen LogP contribution in [0, 0.1) is 0 Å². The number of nitrogens with one attached hydrogen (secondary N) is 1. The maximum absolute atomic E-state index is 10.9. The summed E-state index contributed by atoms with van der Waals surface area (Å²) in [4.78, 5) is 10.9. The van der Waals surface area contributed by atoms with Crippen molar-refractivity contribution in [1.82, 2.24) is 0 Å². The molecule has 1 heterocycles. The van der Waals surface area contributed by atoms with Crippen molar-refractivity contribution in [3.63, 3.8) is 0 Å². The molecule has 1 N–H and O–H groups in total. The van der Waals surface area contributed by atoms with E-state index in [1.54, 1.807) is 0 Å². The minimum absolute atomic E-state index is 0.144. The minimum Gasteiger partial charge on any atom is -0.441 e. The summed E-state index contributed by atoms with van der Waals surface area (Å²) in [5.41, 5.74) is 1.87. The Bertz CT molecular complexity index is 323. The molecular formula is C11H15NO2. The largest absolute Gasteiger partial charge is 0.441 e. The number of hydrogen-bond donors (Lipinski definition) is 1. The Morgan fingerprint density at radius 3 is 2.64 bits per heavy atom. The van der Waals surface area contributed by atoms with Gasteiger partial charge in [-0.2, -0.15) is 0 Å². The van der Waals surface area contributed by atoms with Gasteiger partial charge in [0.2, 0.25) is 0 Å². The molecule has 0 saturated carbocycles. The summed E-state index contributed by atoms with van der Waals surface area (Å²) in [6, 6.07) is 7.62. The molecule has 1 aromatic rings. The van der Waals surface area contributed by atoms with Crippen molar-refractivity contribution in [2.75, 3.05) is 5.32 Å². The maximum Gasteiger partial charge on any atom is 0.412 e. The van der Waals surface area contributed by atoms with Crippen LogP contribution in [0.25, 0.3) is 0 Å². The van der Waals surface area contributed by atoms with Crippen molar-refractivity contribution in [2.24, 2.45) is 0 Å². The molecule has 3 heteroatoms. The first-order valence-corrected chi connectivity index (χ1v) is 4.84. The third-order valence-electron chi connectivity index (χ3n) is 1.92. The van der Waals surface area contributed by atoms with E-state index in [0.717, 1.165) is 11.3 Å². The third-order valence-corrected chi connectivity index (χ3v) is 1.92. The topological polar surface area (TPSA) is 38.3 Å². The summed E-state index contributed by atoms with van der Waals surface area (Å²) in [7, 11) is 0. The molecule has 2 rings (SSSR count). The Balaban J connectivity index is 0.000000461. The average Bonchev–Trinajstić information content (AvgIpc) is 2.20. The van der Waals surface area contributed by atoms with E-state index in [9.17, 15) is 4.79 Å². The Morgan fingerprint density at radius 2 is 1.93 bits per heavy atom. The SMILES string of the molecule is CC.CC1OC(=O)Nc2ccccc21. The predicted octanol–water partition coefficient (Wildman–Crippen LogP) is 3.34. The van der Waals surface area contributed by atoms with Gasteiger partial charge in [0, 0.05) is 5.56 Å². The minimum atomic E-state index is -0.374. The van der Waals surface area contributed by atoms with Crippen LogP contribution in [0.2, 0.25) is 0 Å². The Kier molecular flexibility index (Phi) is 3.51. The number of fused-ring (bicyclic) bond motifs is 1. The molecule has 1 aliphatic heterocycles. The lowest BCUT2D eigenvalue weighted by Crippen LogP contribution is -2.22. The van der Waals surface area contributed by atoms with Gasteiger partial charge in [0.1, 0.15) is 6.10 Å². The molecule has 0 aliphatic carbocycles. The first kappa shape index (κ1) is 10.6. The molecule has 1 unspecified atom stereocenters. The fourth-order valence-electron chi connectivity index (χ4n) is 1.33. The van der Waals surface area contributed by atoms with Crippen molar-refractivity contribution in [1.29, 1.82) is 0 Å². The van der Waals surface area contributed by atoms with E-state index in [2.05, 4.69) is 5.32 Å². The second-order valence-corrected chi connectivity index (χ2v) is 2.76. The van der Waals surface area contributed by atoms with E-state index in [1.165, 1.54) is 0 Å². The van der Waals surface area contributed by atoms with Crippen molar-refractivity contribution in [3.8, 4) is 0 Å². The molecule has 0 spiro atoms. The molecule has 0 saturated heterocycles. The Hall–Kier alpha value is -1.51. The molecule has 3 nitrogen and oxygen atoms in total. The van der Waals surface area contributed by atoms with Crippen LogP contribution >= 0.6 is 0 Å². The average molecular weight is 193 g/mol. The maximum atomic E-state index is 10.9.